The molecule has 0 spiro atoms. The second-order valence-electron chi connectivity index (χ2n) is 8.18. The zero-order valence-corrected chi connectivity index (χ0v) is 19.2. The van der Waals surface area contributed by atoms with E-state index in [1.165, 1.54) is 11.1 Å². The van der Waals surface area contributed by atoms with Crippen LogP contribution in [0.2, 0.25) is 0 Å². The molecular formula is C26H25N5S. The van der Waals surface area contributed by atoms with Crippen LogP contribution in [0.1, 0.15) is 40.3 Å². The van der Waals surface area contributed by atoms with Gasteiger partial charge < -0.3 is 14.8 Å². The first-order chi connectivity index (χ1) is 15.5. The van der Waals surface area contributed by atoms with Crippen LogP contribution in [0.15, 0.2) is 79.1 Å². The van der Waals surface area contributed by atoms with Crippen molar-refractivity contribution in [2.45, 2.75) is 32.9 Å². The Morgan fingerprint density at radius 3 is 2.25 bits per heavy atom. The van der Waals surface area contributed by atoms with Crippen molar-refractivity contribution in [3.05, 3.63) is 107 Å². The highest BCUT2D eigenvalue weighted by Crippen LogP contribution is 2.43. The molecule has 6 heteroatoms. The first-order valence-corrected chi connectivity index (χ1v) is 11.1. The number of thiocarbonyl (C=S) groups is 1. The summed E-state index contributed by atoms with van der Waals surface area (Å²) in [5.41, 5.74) is 6.75. The van der Waals surface area contributed by atoms with Gasteiger partial charge in [-0.25, -0.2) is 4.98 Å². The van der Waals surface area contributed by atoms with Crippen LogP contribution >= 0.6 is 12.2 Å². The van der Waals surface area contributed by atoms with Crippen molar-refractivity contribution in [1.82, 2.24) is 19.9 Å². The summed E-state index contributed by atoms with van der Waals surface area (Å²) in [5, 5.41) is 4.25. The third-order valence-electron chi connectivity index (χ3n) is 6.08. The van der Waals surface area contributed by atoms with E-state index in [4.69, 9.17) is 12.2 Å². The molecule has 0 radical (unpaired) electrons. The zero-order chi connectivity index (χ0) is 22.2. The van der Waals surface area contributed by atoms with Gasteiger partial charge in [-0.2, -0.15) is 0 Å². The maximum Gasteiger partial charge on any atom is 0.174 e. The van der Waals surface area contributed by atoms with E-state index >= 15 is 0 Å². The van der Waals surface area contributed by atoms with Crippen molar-refractivity contribution in [2.24, 2.45) is 0 Å². The Morgan fingerprint density at radius 2 is 1.59 bits per heavy atom. The molecule has 0 unspecified atom stereocenters. The number of pyridine rings is 2. The first-order valence-electron chi connectivity index (χ1n) is 10.7. The molecule has 4 aromatic rings. The Morgan fingerprint density at radius 1 is 0.875 bits per heavy atom. The number of nitrogens with zero attached hydrogens (tertiary/aromatic N) is 4. The highest BCUT2D eigenvalue weighted by atomic mass is 32.1. The van der Waals surface area contributed by atoms with Crippen LogP contribution < -0.4 is 10.2 Å². The van der Waals surface area contributed by atoms with Gasteiger partial charge in [0.2, 0.25) is 0 Å². The monoisotopic (exact) mass is 439 g/mol. The second kappa shape index (κ2) is 8.20. The van der Waals surface area contributed by atoms with Gasteiger partial charge in [0.1, 0.15) is 5.82 Å². The lowest BCUT2D eigenvalue weighted by atomic mass is 9.96. The van der Waals surface area contributed by atoms with Crippen LogP contribution in [0.5, 0.6) is 0 Å². The Kier molecular flexibility index (Phi) is 5.23. The maximum atomic E-state index is 5.85. The van der Waals surface area contributed by atoms with Crippen molar-refractivity contribution in [1.29, 1.82) is 0 Å². The lowest BCUT2D eigenvalue weighted by molar-refractivity contribution is 0.565. The van der Waals surface area contributed by atoms with Gasteiger partial charge in [-0.1, -0.05) is 29.8 Å². The van der Waals surface area contributed by atoms with Crippen LogP contribution in [0, 0.1) is 20.8 Å². The molecule has 1 aromatic carbocycles. The van der Waals surface area contributed by atoms with Crippen molar-refractivity contribution >= 4 is 23.0 Å². The SMILES string of the molecule is Cc1ccc(N2C(=S)N[C@@H](c3ccccn3)[C@H]2c2cc(C)n(-c3ccccn3)c2C)cc1. The van der Waals surface area contributed by atoms with Crippen molar-refractivity contribution in [3.63, 3.8) is 0 Å². The van der Waals surface area contributed by atoms with Gasteiger partial charge in [-0.15, -0.1) is 0 Å². The average molecular weight is 440 g/mol. The molecule has 0 saturated carbocycles. The number of hydrogen-bond donors (Lipinski definition) is 1. The van der Waals surface area contributed by atoms with Gasteiger partial charge in [0.25, 0.3) is 0 Å². The van der Waals surface area contributed by atoms with Gasteiger partial charge in [-0.3, -0.25) is 4.98 Å². The quantitative estimate of drug-likeness (QED) is 0.433. The predicted octanol–water partition coefficient (Wildman–Crippen LogP) is 5.37. The number of aryl methyl sites for hydroxylation is 2. The molecule has 3 aromatic heterocycles. The minimum Gasteiger partial charge on any atom is -0.351 e. The molecule has 0 bridgehead atoms. The van der Waals surface area contributed by atoms with E-state index in [0.717, 1.165) is 28.6 Å². The molecule has 160 valence electrons. The second-order valence-corrected chi connectivity index (χ2v) is 8.57. The number of aromatic nitrogens is 3. The number of rotatable bonds is 4. The van der Waals surface area contributed by atoms with E-state index in [1.807, 2.05) is 42.7 Å². The number of nitrogens with one attached hydrogen (secondary N) is 1. The average Bonchev–Trinajstić information content (AvgIpc) is 3.31. The van der Waals surface area contributed by atoms with Crippen molar-refractivity contribution in [3.8, 4) is 5.82 Å². The molecule has 1 aliphatic heterocycles. The van der Waals surface area contributed by atoms with Crippen LogP contribution in [0.3, 0.4) is 0 Å². The van der Waals surface area contributed by atoms with E-state index in [2.05, 4.69) is 81.9 Å². The highest BCUT2D eigenvalue weighted by Gasteiger charge is 2.42. The molecule has 5 nitrogen and oxygen atoms in total. The number of benzene rings is 1. The van der Waals surface area contributed by atoms with Gasteiger partial charge in [0.05, 0.1) is 17.8 Å². The smallest absolute Gasteiger partial charge is 0.174 e. The standard InChI is InChI=1S/C26H25N5S/c1-17-10-12-20(13-11-17)31-25(24(29-26(31)32)22-8-4-6-14-27-22)21-16-18(2)30(19(21)3)23-9-5-7-15-28-23/h4-16,24-25H,1-3H3,(H,29,32)/t24-,25+/m0/s1. The van der Waals surface area contributed by atoms with Gasteiger partial charge in [0, 0.05) is 29.5 Å². The van der Waals surface area contributed by atoms with Crippen molar-refractivity contribution in [2.75, 3.05) is 4.90 Å². The summed E-state index contributed by atoms with van der Waals surface area (Å²) in [6.45, 7) is 6.37. The minimum atomic E-state index is -0.0670. The summed E-state index contributed by atoms with van der Waals surface area (Å²) >= 11 is 5.85. The topological polar surface area (TPSA) is 46.0 Å². The normalized spacial score (nSPS) is 18.1. The minimum absolute atomic E-state index is 0.0382. The molecule has 1 aliphatic rings. The fraction of sp³-hybridized carbons (Fsp3) is 0.192. The molecule has 32 heavy (non-hydrogen) atoms. The summed E-state index contributed by atoms with van der Waals surface area (Å²) in [6, 6.07) is 22.7. The van der Waals surface area contributed by atoms with Gasteiger partial charge >= 0.3 is 0 Å². The summed E-state index contributed by atoms with van der Waals surface area (Å²) in [5.74, 6) is 0.915. The van der Waals surface area contributed by atoms with E-state index in [-0.39, 0.29) is 12.1 Å². The van der Waals surface area contributed by atoms with Crippen LogP contribution in [-0.2, 0) is 0 Å². The molecule has 0 amide bonds. The third kappa shape index (κ3) is 3.46. The third-order valence-corrected chi connectivity index (χ3v) is 6.39. The van der Waals surface area contributed by atoms with Crippen LogP contribution in [0.25, 0.3) is 5.82 Å². The largest absolute Gasteiger partial charge is 0.351 e. The molecule has 0 aliphatic carbocycles. The molecule has 1 N–H and O–H groups in total. The Balaban J connectivity index is 1.68. The number of hydrogen-bond acceptors (Lipinski definition) is 3. The lowest BCUT2D eigenvalue weighted by Crippen LogP contribution is -2.29. The van der Waals surface area contributed by atoms with E-state index in [1.54, 1.807) is 0 Å². The van der Waals surface area contributed by atoms with Gasteiger partial charge in [0.15, 0.2) is 5.11 Å². The Labute approximate surface area is 193 Å². The maximum absolute atomic E-state index is 5.85. The fourth-order valence-corrected chi connectivity index (χ4v) is 4.93. The molecule has 1 saturated heterocycles. The van der Waals surface area contributed by atoms with Crippen LogP contribution in [0.4, 0.5) is 5.69 Å². The Hall–Kier alpha value is -3.51. The predicted molar refractivity (Wildman–Crippen MR) is 132 cm³/mol. The highest BCUT2D eigenvalue weighted by molar-refractivity contribution is 7.80. The van der Waals surface area contributed by atoms with E-state index in [0.29, 0.717) is 5.11 Å². The first kappa shape index (κ1) is 20.4. The Bertz CT molecular complexity index is 1250. The summed E-state index contributed by atoms with van der Waals surface area (Å²) < 4.78 is 2.21. The fourth-order valence-electron chi connectivity index (χ4n) is 4.58. The van der Waals surface area contributed by atoms with Crippen LogP contribution in [-0.4, -0.2) is 19.6 Å². The summed E-state index contributed by atoms with van der Waals surface area (Å²) in [7, 11) is 0. The molecule has 1 fully saturated rings. The molecule has 2 atom stereocenters. The number of anilines is 1. The van der Waals surface area contributed by atoms with Gasteiger partial charge in [-0.05, 0) is 81.0 Å². The lowest BCUT2D eigenvalue weighted by Gasteiger charge is -2.28. The van der Waals surface area contributed by atoms with Crippen molar-refractivity contribution < 1.29 is 0 Å². The summed E-state index contributed by atoms with van der Waals surface area (Å²) in [6.07, 6.45) is 3.66. The summed E-state index contributed by atoms with van der Waals surface area (Å²) in [4.78, 5) is 11.5. The molecular weight excluding hydrogens is 414 g/mol. The van der Waals surface area contributed by atoms with E-state index < -0.39 is 0 Å². The molecule has 4 heterocycles. The van der Waals surface area contributed by atoms with E-state index in [9.17, 15) is 0 Å². The zero-order valence-electron chi connectivity index (χ0n) is 18.4. The molecule has 5 rings (SSSR count).